The first-order valence-electron chi connectivity index (χ1n) is 17.2. The normalized spacial score (nSPS) is 16.5. The van der Waals surface area contributed by atoms with Gasteiger partial charge in [-0.3, -0.25) is 33.6 Å². The van der Waals surface area contributed by atoms with Gasteiger partial charge in [0.25, 0.3) is 11.5 Å². The van der Waals surface area contributed by atoms with Crippen molar-refractivity contribution in [2.45, 2.75) is 37.8 Å². The molecule has 0 saturated carbocycles. The van der Waals surface area contributed by atoms with Crippen LogP contribution in [0.2, 0.25) is 5.02 Å². The van der Waals surface area contributed by atoms with Crippen molar-refractivity contribution in [1.82, 2.24) is 34.3 Å². The lowest BCUT2D eigenvalue weighted by Crippen LogP contribution is -2.44. The van der Waals surface area contributed by atoms with E-state index in [-0.39, 0.29) is 54.3 Å². The SMILES string of the molecule is CNC(=O)COc1cc2cc(Nc3nc(N(C)C4CCN(c5ccc6c(c5)n(C)c(=O)n6C5CCC(=O)NC5=O)CC4)ncc3Cl)ccc2n(C)c1=O. The van der Waals surface area contributed by atoms with Crippen LogP contribution in [0.5, 0.6) is 5.75 Å². The van der Waals surface area contributed by atoms with E-state index < -0.39 is 11.9 Å². The van der Waals surface area contributed by atoms with Crippen LogP contribution in [0.15, 0.2) is 58.3 Å². The Bertz CT molecular complexity index is 2400. The zero-order valence-corrected chi connectivity index (χ0v) is 30.4. The van der Waals surface area contributed by atoms with E-state index in [1.807, 2.05) is 43.4 Å². The van der Waals surface area contributed by atoms with Gasteiger partial charge in [0.2, 0.25) is 17.8 Å². The van der Waals surface area contributed by atoms with E-state index in [9.17, 15) is 24.0 Å². The van der Waals surface area contributed by atoms with E-state index in [1.165, 1.54) is 16.2 Å². The number of halogens is 1. The summed E-state index contributed by atoms with van der Waals surface area (Å²) in [5.74, 6) is -0.137. The van der Waals surface area contributed by atoms with Crippen molar-refractivity contribution in [2.75, 3.05) is 48.9 Å². The van der Waals surface area contributed by atoms with Crippen molar-refractivity contribution in [3.8, 4) is 5.75 Å². The summed E-state index contributed by atoms with van der Waals surface area (Å²) in [6.45, 7) is 1.24. The number of fused-ring (bicyclic) bond motifs is 2. The second-order valence-corrected chi connectivity index (χ2v) is 13.7. The Hall–Kier alpha value is -5.90. The minimum absolute atomic E-state index is 0.0609. The van der Waals surface area contributed by atoms with Crippen LogP contribution in [0.3, 0.4) is 0 Å². The molecule has 3 amide bonds. The van der Waals surface area contributed by atoms with Crippen LogP contribution in [0.4, 0.5) is 23.1 Å². The van der Waals surface area contributed by atoms with E-state index in [4.69, 9.17) is 21.3 Å². The number of ether oxygens (including phenoxy) is 1. The highest BCUT2D eigenvalue weighted by atomic mass is 35.5. The van der Waals surface area contributed by atoms with Gasteiger partial charge in [-0.2, -0.15) is 4.98 Å². The number of aryl methyl sites for hydroxylation is 2. The highest BCUT2D eigenvalue weighted by molar-refractivity contribution is 6.33. The van der Waals surface area contributed by atoms with Crippen LogP contribution in [0, 0.1) is 0 Å². The van der Waals surface area contributed by atoms with Crippen molar-refractivity contribution in [1.29, 1.82) is 0 Å². The summed E-state index contributed by atoms with van der Waals surface area (Å²) in [6.07, 6.45) is 3.69. The summed E-state index contributed by atoms with van der Waals surface area (Å²) in [5, 5.41) is 9.15. The number of hydrogen-bond donors (Lipinski definition) is 3. The Morgan fingerprint density at radius 3 is 2.49 bits per heavy atom. The Kier molecular flexibility index (Phi) is 9.55. The molecule has 2 aliphatic rings. The zero-order chi connectivity index (χ0) is 37.6. The maximum absolute atomic E-state index is 13.2. The van der Waals surface area contributed by atoms with Gasteiger partial charge in [-0.1, -0.05) is 11.6 Å². The molecule has 53 heavy (non-hydrogen) atoms. The Balaban J connectivity index is 1.04. The molecule has 2 aliphatic heterocycles. The minimum Gasteiger partial charge on any atom is -0.478 e. The second-order valence-electron chi connectivity index (χ2n) is 13.3. The molecule has 0 bridgehead atoms. The summed E-state index contributed by atoms with van der Waals surface area (Å²) in [5.41, 5.74) is 3.06. The van der Waals surface area contributed by atoms with Crippen LogP contribution >= 0.6 is 11.6 Å². The molecule has 0 spiro atoms. The first-order valence-corrected chi connectivity index (χ1v) is 17.6. The molecule has 1 atom stereocenters. The van der Waals surface area contributed by atoms with Gasteiger partial charge in [-0.25, -0.2) is 9.78 Å². The molecule has 5 aromatic rings. The number of amides is 3. The van der Waals surface area contributed by atoms with E-state index in [0.717, 1.165) is 37.1 Å². The monoisotopic (exact) mass is 742 g/mol. The molecule has 2 saturated heterocycles. The molecular formula is C36H39ClN10O6. The van der Waals surface area contributed by atoms with E-state index in [1.54, 1.807) is 30.9 Å². The Morgan fingerprint density at radius 2 is 1.75 bits per heavy atom. The molecule has 3 aromatic heterocycles. The van der Waals surface area contributed by atoms with Crippen LogP contribution < -0.4 is 41.7 Å². The number of rotatable bonds is 9. The average Bonchev–Trinajstić information content (AvgIpc) is 3.40. The molecule has 2 aromatic carbocycles. The fraction of sp³-hybridized carbons (Fsp3) is 0.361. The number of imide groups is 1. The Morgan fingerprint density at radius 1 is 1.00 bits per heavy atom. The Labute approximate surface area is 308 Å². The van der Waals surface area contributed by atoms with Gasteiger partial charge in [-0.05, 0) is 61.7 Å². The number of pyridine rings is 1. The molecule has 5 heterocycles. The molecule has 0 radical (unpaired) electrons. The van der Waals surface area contributed by atoms with Crippen LogP contribution in [-0.2, 0) is 28.5 Å². The first kappa shape index (κ1) is 35.5. The number of piperidine rings is 2. The molecule has 3 N–H and O–H groups in total. The number of likely N-dealkylation sites (N-methyl/N-ethyl adjacent to an activating group) is 1. The third-order valence-corrected chi connectivity index (χ3v) is 10.4. The zero-order valence-electron chi connectivity index (χ0n) is 29.7. The van der Waals surface area contributed by atoms with Gasteiger partial charge in [0.1, 0.15) is 11.1 Å². The molecule has 16 nitrogen and oxygen atoms in total. The van der Waals surface area contributed by atoms with E-state index >= 15 is 0 Å². The number of aromatic nitrogens is 5. The van der Waals surface area contributed by atoms with Crippen molar-refractivity contribution in [3.05, 3.63) is 74.5 Å². The highest BCUT2D eigenvalue weighted by Crippen LogP contribution is 2.31. The molecule has 7 rings (SSSR count). The lowest BCUT2D eigenvalue weighted by Gasteiger charge is -2.38. The van der Waals surface area contributed by atoms with Crippen LogP contribution in [-0.4, -0.2) is 81.2 Å². The average molecular weight is 743 g/mol. The summed E-state index contributed by atoms with van der Waals surface area (Å²) in [6, 6.07) is 12.3. The van der Waals surface area contributed by atoms with E-state index in [2.05, 4.69) is 30.7 Å². The van der Waals surface area contributed by atoms with Crippen molar-refractivity contribution in [2.24, 2.45) is 14.1 Å². The summed E-state index contributed by atoms with van der Waals surface area (Å²) >= 11 is 6.55. The molecule has 17 heteroatoms. The highest BCUT2D eigenvalue weighted by Gasteiger charge is 2.32. The molecule has 0 aliphatic carbocycles. The first-order chi connectivity index (χ1) is 25.4. The standard InChI is InChI=1S/C36H39ClN10O6/c1-38-31(49)19-53-29-16-20-15-21(5-7-25(20)44(3)34(29)51)40-32-24(37)18-39-35(42-32)43(2)22-11-13-46(14-12-22)23-6-8-26-28(17-23)45(4)36(52)47(26)27-9-10-30(48)41-33(27)50/h5-8,15-18,22,27H,9-14,19H2,1-4H3,(H,38,49)(H,39,40,42)(H,41,48,50). The van der Waals surface area contributed by atoms with Crippen LogP contribution in [0.1, 0.15) is 31.7 Å². The number of nitrogens with zero attached hydrogens (tertiary/aromatic N) is 7. The minimum atomic E-state index is -0.730. The summed E-state index contributed by atoms with van der Waals surface area (Å²) < 4.78 is 10.00. The number of hydrogen-bond acceptors (Lipinski definition) is 11. The predicted molar refractivity (Wildman–Crippen MR) is 201 cm³/mol. The van der Waals surface area contributed by atoms with E-state index in [0.29, 0.717) is 38.9 Å². The molecule has 1 unspecified atom stereocenters. The fourth-order valence-electron chi connectivity index (χ4n) is 7.05. The van der Waals surface area contributed by atoms with Crippen molar-refractivity contribution < 1.29 is 19.1 Å². The fourth-order valence-corrected chi connectivity index (χ4v) is 7.19. The number of carbonyl (C=O) groups excluding carboxylic acids is 3. The lowest BCUT2D eigenvalue weighted by atomic mass is 10.0. The number of imidazole rings is 1. The van der Waals surface area contributed by atoms with Gasteiger partial charge < -0.3 is 29.7 Å². The van der Waals surface area contributed by atoms with Gasteiger partial charge >= 0.3 is 5.69 Å². The quantitative estimate of drug-likeness (QED) is 0.189. The second kappa shape index (κ2) is 14.3. The van der Waals surface area contributed by atoms with Crippen molar-refractivity contribution in [3.63, 3.8) is 0 Å². The third kappa shape index (κ3) is 6.77. The van der Waals surface area contributed by atoms with Crippen LogP contribution in [0.25, 0.3) is 21.9 Å². The van der Waals surface area contributed by atoms with Gasteiger partial charge in [0, 0.05) is 70.5 Å². The molecule has 276 valence electrons. The topological polar surface area (TPSA) is 178 Å². The lowest BCUT2D eigenvalue weighted by molar-refractivity contribution is -0.135. The number of carbonyl (C=O) groups is 3. The van der Waals surface area contributed by atoms with Crippen molar-refractivity contribution >= 4 is 74.4 Å². The van der Waals surface area contributed by atoms with Gasteiger partial charge in [0.15, 0.2) is 18.2 Å². The number of anilines is 4. The molecular weight excluding hydrogens is 704 g/mol. The van der Waals surface area contributed by atoms with Gasteiger partial charge in [0.05, 0.1) is 22.7 Å². The number of benzene rings is 2. The third-order valence-electron chi connectivity index (χ3n) is 10.1. The summed E-state index contributed by atoms with van der Waals surface area (Å²) in [7, 11) is 6.79. The maximum Gasteiger partial charge on any atom is 0.329 e. The smallest absolute Gasteiger partial charge is 0.329 e. The van der Waals surface area contributed by atoms with Gasteiger partial charge in [-0.15, -0.1) is 0 Å². The predicted octanol–water partition coefficient (Wildman–Crippen LogP) is 2.59. The molecule has 2 fully saturated rings. The maximum atomic E-state index is 13.2. The largest absolute Gasteiger partial charge is 0.478 e. The number of nitrogens with one attached hydrogen (secondary N) is 3. The summed E-state index contributed by atoms with van der Waals surface area (Å²) in [4.78, 5) is 75.6.